The zero-order chi connectivity index (χ0) is 20.6. The van der Waals surface area contributed by atoms with Gasteiger partial charge in [-0.3, -0.25) is 20.5 Å². The fourth-order valence-electron chi connectivity index (χ4n) is 4.64. The number of nitro groups is 1. The molecule has 1 aromatic rings. The highest BCUT2D eigenvalue weighted by Crippen LogP contribution is 2.51. The third-order valence-electron chi connectivity index (χ3n) is 5.99. The number of thiocarbonyl (C=S) groups is 1. The molecular weight excluding hydrogens is 406 g/mol. The van der Waals surface area contributed by atoms with Crippen LogP contribution in [0.1, 0.15) is 43.6 Å². The molecule has 0 radical (unpaired) electrons. The van der Waals surface area contributed by atoms with Crippen molar-refractivity contribution < 1.29 is 4.92 Å². The molecule has 2 heterocycles. The van der Waals surface area contributed by atoms with Gasteiger partial charge in [0.1, 0.15) is 5.84 Å². The van der Waals surface area contributed by atoms with Crippen LogP contribution in [0.5, 0.6) is 0 Å². The Morgan fingerprint density at radius 1 is 1.38 bits per heavy atom. The van der Waals surface area contributed by atoms with Gasteiger partial charge < -0.3 is 4.90 Å². The lowest BCUT2D eigenvalue weighted by atomic mass is 9.75. The second-order valence-electron chi connectivity index (χ2n) is 7.59. The fourth-order valence-corrected chi connectivity index (χ4v) is 6.24. The molecule has 4 rings (SSSR count). The summed E-state index contributed by atoms with van der Waals surface area (Å²) >= 11 is 7.35. The SMILES string of the molecule is N#C[C@]1(C2=NCCS2)C(=N)N(C2CCCCC2)C(=S)[C@@H]1c1cccc([N+](=O)[O-])c1. The molecule has 29 heavy (non-hydrogen) atoms. The van der Waals surface area contributed by atoms with Crippen molar-refractivity contribution in [1.82, 2.24) is 4.90 Å². The highest BCUT2D eigenvalue weighted by molar-refractivity contribution is 8.14. The third-order valence-corrected chi connectivity index (χ3v) is 7.53. The van der Waals surface area contributed by atoms with Crippen molar-refractivity contribution in [3.05, 3.63) is 39.9 Å². The summed E-state index contributed by atoms with van der Waals surface area (Å²) in [4.78, 5) is 17.8. The van der Waals surface area contributed by atoms with E-state index in [9.17, 15) is 15.4 Å². The topological polar surface area (TPSA) is 106 Å². The minimum Gasteiger partial charge on any atom is -0.319 e. The molecule has 9 heteroatoms. The molecule has 0 unspecified atom stereocenters. The Morgan fingerprint density at radius 2 is 2.14 bits per heavy atom. The quantitative estimate of drug-likeness (QED) is 0.436. The number of nitriles is 1. The molecule has 0 spiro atoms. The van der Waals surface area contributed by atoms with Crippen LogP contribution < -0.4 is 0 Å². The van der Waals surface area contributed by atoms with Crippen LogP contribution in [0.15, 0.2) is 29.3 Å². The van der Waals surface area contributed by atoms with E-state index in [-0.39, 0.29) is 17.6 Å². The number of aliphatic imine (C=N–C) groups is 1. The average Bonchev–Trinajstić information content (AvgIpc) is 3.34. The Hall–Kier alpha value is -2.31. The minimum absolute atomic E-state index is 0.0409. The summed E-state index contributed by atoms with van der Waals surface area (Å²) in [6, 6.07) is 8.81. The standard InChI is InChI=1S/C20H21N5O2S2/c21-12-20(19-23-9-10-29-19)16(13-5-4-8-15(11-13)25(26)27)17(28)24(18(20)22)14-6-2-1-3-7-14/h4-5,8,11,14,16,22H,1-3,6-7,9-10H2/t16-,20+/m0/s1. The maximum atomic E-state index is 11.3. The molecule has 7 nitrogen and oxygen atoms in total. The Morgan fingerprint density at radius 3 is 2.76 bits per heavy atom. The Labute approximate surface area is 178 Å². The number of nitrogens with zero attached hydrogens (tertiary/aromatic N) is 4. The number of hydrogen-bond donors (Lipinski definition) is 1. The van der Waals surface area contributed by atoms with Gasteiger partial charge in [0, 0.05) is 30.5 Å². The summed E-state index contributed by atoms with van der Waals surface area (Å²) in [7, 11) is 0. The van der Waals surface area contributed by atoms with Gasteiger partial charge in [0.2, 0.25) is 0 Å². The minimum atomic E-state index is -1.31. The Kier molecular flexibility index (Phi) is 5.40. The van der Waals surface area contributed by atoms with E-state index in [4.69, 9.17) is 17.6 Å². The molecule has 3 aliphatic rings. The normalized spacial score (nSPS) is 27.8. The van der Waals surface area contributed by atoms with Gasteiger partial charge in [0.25, 0.3) is 5.69 Å². The first-order valence-corrected chi connectivity index (χ1v) is 11.2. The molecule has 1 aromatic carbocycles. The highest BCUT2D eigenvalue weighted by Gasteiger charge is 2.61. The van der Waals surface area contributed by atoms with E-state index < -0.39 is 16.3 Å². The largest absolute Gasteiger partial charge is 0.319 e. The molecule has 1 saturated heterocycles. The lowest BCUT2D eigenvalue weighted by molar-refractivity contribution is -0.384. The van der Waals surface area contributed by atoms with Gasteiger partial charge in [-0.15, -0.1) is 11.8 Å². The number of likely N-dealkylation sites (tertiary alicyclic amines) is 1. The van der Waals surface area contributed by atoms with Crippen LogP contribution in [0.4, 0.5) is 5.69 Å². The van der Waals surface area contributed by atoms with Crippen molar-refractivity contribution in [2.45, 2.75) is 44.1 Å². The zero-order valence-electron chi connectivity index (χ0n) is 15.8. The van der Waals surface area contributed by atoms with Crippen LogP contribution in [-0.4, -0.2) is 44.0 Å². The number of benzene rings is 1. The molecule has 2 aliphatic heterocycles. The third kappa shape index (κ3) is 3.15. The fraction of sp³-hybridized carbons (Fsp3) is 0.500. The van der Waals surface area contributed by atoms with Crippen LogP contribution in [0.3, 0.4) is 0 Å². The van der Waals surface area contributed by atoms with Crippen molar-refractivity contribution in [1.29, 1.82) is 10.7 Å². The monoisotopic (exact) mass is 427 g/mol. The van der Waals surface area contributed by atoms with E-state index >= 15 is 0 Å². The molecule has 0 amide bonds. The Bertz CT molecular complexity index is 950. The summed E-state index contributed by atoms with van der Waals surface area (Å²) in [5.74, 6) is 0.326. The maximum absolute atomic E-state index is 11.3. The van der Waals surface area contributed by atoms with Gasteiger partial charge in [0.05, 0.1) is 26.9 Å². The van der Waals surface area contributed by atoms with Crippen LogP contribution in [0, 0.1) is 32.3 Å². The summed E-state index contributed by atoms with van der Waals surface area (Å²) in [6.07, 6.45) is 5.20. The van der Waals surface area contributed by atoms with Crippen LogP contribution in [-0.2, 0) is 0 Å². The smallest absolute Gasteiger partial charge is 0.269 e. The van der Waals surface area contributed by atoms with Crippen molar-refractivity contribution in [3.63, 3.8) is 0 Å². The molecule has 2 atom stereocenters. The zero-order valence-corrected chi connectivity index (χ0v) is 17.5. The number of thioether (sulfide) groups is 1. The van der Waals surface area contributed by atoms with Gasteiger partial charge >= 0.3 is 0 Å². The average molecular weight is 428 g/mol. The van der Waals surface area contributed by atoms with Gasteiger partial charge in [0.15, 0.2) is 5.41 Å². The second kappa shape index (κ2) is 7.84. The summed E-state index contributed by atoms with van der Waals surface area (Å²) < 4.78 is 0. The number of non-ortho nitro benzene ring substituents is 1. The van der Waals surface area contributed by atoms with Gasteiger partial charge in [-0.1, -0.05) is 43.6 Å². The summed E-state index contributed by atoms with van der Waals surface area (Å²) in [5.41, 5.74) is -0.755. The van der Waals surface area contributed by atoms with Crippen molar-refractivity contribution >= 4 is 45.5 Å². The van der Waals surface area contributed by atoms with E-state index in [1.807, 2.05) is 4.90 Å². The van der Waals surface area contributed by atoms with Crippen molar-refractivity contribution in [2.24, 2.45) is 10.4 Å². The van der Waals surface area contributed by atoms with Crippen LogP contribution >= 0.6 is 24.0 Å². The molecule has 150 valence electrons. The predicted molar refractivity (Wildman–Crippen MR) is 118 cm³/mol. The highest BCUT2D eigenvalue weighted by atomic mass is 32.2. The molecule has 1 saturated carbocycles. The van der Waals surface area contributed by atoms with E-state index in [0.717, 1.165) is 31.4 Å². The van der Waals surface area contributed by atoms with Gasteiger partial charge in [-0.2, -0.15) is 5.26 Å². The molecular formula is C20H21N5O2S2. The Balaban J connectivity index is 1.86. The molecule has 1 N–H and O–H groups in total. The number of nitro benzene ring substituents is 1. The number of amidine groups is 1. The second-order valence-corrected chi connectivity index (χ2v) is 9.09. The van der Waals surface area contributed by atoms with E-state index in [1.54, 1.807) is 12.1 Å². The number of hydrogen-bond acceptors (Lipinski definition) is 7. The first-order valence-electron chi connectivity index (χ1n) is 9.76. The maximum Gasteiger partial charge on any atom is 0.269 e. The first kappa shape index (κ1) is 20.0. The molecule has 1 aliphatic carbocycles. The van der Waals surface area contributed by atoms with Gasteiger partial charge in [-0.25, -0.2) is 0 Å². The summed E-state index contributed by atoms with van der Waals surface area (Å²) in [6.45, 7) is 0.606. The van der Waals surface area contributed by atoms with Crippen molar-refractivity contribution in [3.8, 4) is 6.07 Å². The number of nitrogens with one attached hydrogen (secondary N) is 1. The molecule has 2 fully saturated rings. The molecule has 0 bridgehead atoms. The first-order chi connectivity index (χ1) is 14.0. The lowest BCUT2D eigenvalue weighted by Gasteiger charge is -2.33. The lowest BCUT2D eigenvalue weighted by Crippen LogP contribution is -2.44. The van der Waals surface area contributed by atoms with E-state index in [1.165, 1.54) is 30.3 Å². The van der Waals surface area contributed by atoms with E-state index in [2.05, 4.69) is 11.1 Å². The summed E-state index contributed by atoms with van der Waals surface area (Å²) in [5, 5.41) is 31.4. The van der Waals surface area contributed by atoms with Gasteiger partial charge in [-0.05, 0) is 18.4 Å². The predicted octanol–water partition coefficient (Wildman–Crippen LogP) is 4.29. The molecule has 0 aromatic heterocycles. The van der Waals surface area contributed by atoms with Crippen molar-refractivity contribution in [2.75, 3.05) is 12.3 Å². The van der Waals surface area contributed by atoms with E-state index in [0.29, 0.717) is 22.1 Å². The number of rotatable bonds is 4. The van der Waals surface area contributed by atoms with Crippen LogP contribution in [0.25, 0.3) is 0 Å². The van der Waals surface area contributed by atoms with Crippen LogP contribution in [0.2, 0.25) is 0 Å².